The molecule has 2 aromatic heterocycles. The van der Waals surface area contributed by atoms with Crippen molar-refractivity contribution in [2.24, 2.45) is 0 Å². The van der Waals surface area contributed by atoms with E-state index >= 15 is 0 Å². The average molecular weight is 859 g/mol. The Morgan fingerprint density at radius 2 is 0.955 bits per heavy atom. The van der Waals surface area contributed by atoms with E-state index in [-0.39, 0.29) is 0 Å². The minimum atomic E-state index is 0.874. The van der Waals surface area contributed by atoms with Crippen LogP contribution in [0.1, 0.15) is 0 Å². The Bertz CT molecular complexity index is 4070. The van der Waals surface area contributed by atoms with Gasteiger partial charge in [0.1, 0.15) is 0 Å². The molecule has 0 atom stereocenters. The lowest BCUT2D eigenvalue weighted by Gasteiger charge is -2.26. The number of fused-ring (bicyclic) bond motifs is 11. The fraction of sp³-hybridized carbons (Fsp3) is 0. The van der Waals surface area contributed by atoms with Crippen molar-refractivity contribution in [1.29, 1.82) is 0 Å². The van der Waals surface area contributed by atoms with Crippen molar-refractivity contribution < 1.29 is 4.74 Å². The number of hydrogen-bond donors (Lipinski definition) is 0. The van der Waals surface area contributed by atoms with Crippen LogP contribution in [-0.4, -0.2) is 4.57 Å². The van der Waals surface area contributed by atoms with E-state index in [0.29, 0.717) is 0 Å². The third-order valence-electron chi connectivity index (χ3n) is 13.6. The summed E-state index contributed by atoms with van der Waals surface area (Å²) >= 11 is 1.87. The highest BCUT2D eigenvalue weighted by atomic mass is 32.1. The average Bonchev–Trinajstić information content (AvgIpc) is 3.94. The number of benzene rings is 11. The molecule has 0 radical (unpaired) electrons. The molecule has 0 saturated heterocycles. The van der Waals surface area contributed by atoms with E-state index < -0.39 is 0 Å². The van der Waals surface area contributed by atoms with Crippen molar-refractivity contribution in [2.45, 2.75) is 0 Å². The normalized spacial score (nSPS) is 12.1. The summed E-state index contributed by atoms with van der Waals surface area (Å²) in [7, 11) is 0. The van der Waals surface area contributed by atoms with Crippen LogP contribution in [0.3, 0.4) is 0 Å². The zero-order valence-corrected chi connectivity index (χ0v) is 36.5. The standard InChI is InChI=1S/C62H38N2OS/c1-2-11-47-40(10-1)28-36-51-48(13-7-15-50(47)51)41-24-32-45(33-25-41)63(46-34-26-42(27-35-46)49-14-8-17-54-52-12-3-6-21-60(52)66-62(49)54)44-30-22-39(23-31-44)43-29-37-56-55(38-43)53-16-9-20-59-61(53)64(56)57-18-4-5-19-58(57)65-59/h1-38H. The van der Waals surface area contributed by atoms with Crippen LogP contribution in [0.5, 0.6) is 11.5 Å². The molecule has 66 heavy (non-hydrogen) atoms. The van der Waals surface area contributed by atoms with Gasteiger partial charge in [-0.05, 0) is 128 Å². The maximum absolute atomic E-state index is 6.39. The monoisotopic (exact) mass is 858 g/mol. The molecule has 4 heteroatoms. The van der Waals surface area contributed by atoms with E-state index in [0.717, 1.165) is 45.3 Å². The second-order valence-corrected chi connectivity index (χ2v) is 18.3. The lowest BCUT2D eigenvalue weighted by Crippen LogP contribution is -2.09. The molecule has 0 aliphatic carbocycles. The number of nitrogens with zero attached hydrogens (tertiary/aromatic N) is 2. The number of para-hydroxylation sites is 3. The van der Waals surface area contributed by atoms with Crippen molar-refractivity contribution in [1.82, 2.24) is 4.57 Å². The molecule has 0 amide bonds. The molecule has 3 heterocycles. The molecule has 0 fully saturated rings. The second-order valence-electron chi connectivity index (χ2n) is 17.2. The van der Waals surface area contributed by atoms with E-state index in [9.17, 15) is 0 Å². The Hall–Kier alpha value is -8.44. The summed E-state index contributed by atoms with van der Waals surface area (Å²) in [5.74, 6) is 1.76. The van der Waals surface area contributed by atoms with E-state index in [1.54, 1.807) is 0 Å². The molecule has 0 spiro atoms. The molecule has 1 aliphatic rings. The summed E-state index contributed by atoms with van der Waals surface area (Å²) < 4.78 is 11.4. The fourth-order valence-corrected chi connectivity index (χ4v) is 11.7. The number of ether oxygens (including phenoxy) is 1. The highest BCUT2D eigenvalue weighted by molar-refractivity contribution is 7.26. The van der Waals surface area contributed by atoms with Gasteiger partial charge in [0.2, 0.25) is 0 Å². The summed E-state index contributed by atoms with van der Waals surface area (Å²) in [4.78, 5) is 2.37. The maximum atomic E-state index is 6.39. The van der Waals surface area contributed by atoms with Crippen LogP contribution in [0.4, 0.5) is 17.1 Å². The van der Waals surface area contributed by atoms with Gasteiger partial charge in [0.25, 0.3) is 0 Å². The fourth-order valence-electron chi connectivity index (χ4n) is 10.5. The highest BCUT2D eigenvalue weighted by Gasteiger charge is 2.24. The zero-order valence-electron chi connectivity index (χ0n) is 35.7. The van der Waals surface area contributed by atoms with Crippen molar-refractivity contribution >= 4 is 91.9 Å². The first-order valence-corrected chi connectivity index (χ1v) is 23.3. The van der Waals surface area contributed by atoms with Gasteiger partial charge < -0.3 is 14.2 Å². The first-order valence-electron chi connectivity index (χ1n) is 22.5. The van der Waals surface area contributed by atoms with Gasteiger partial charge in [-0.2, -0.15) is 0 Å². The van der Waals surface area contributed by atoms with Crippen molar-refractivity contribution in [3.05, 3.63) is 231 Å². The van der Waals surface area contributed by atoms with Crippen LogP contribution in [0, 0.1) is 0 Å². The lowest BCUT2D eigenvalue weighted by atomic mass is 9.94. The molecule has 308 valence electrons. The van der Waals surface area contributed by atoms with Crippen LogP contribution in [0.15, 0.2) is 231 Å². The van der Waals surface area contributed by atoms with Gasteiger partial charge in [-0.1, -0.05) is 158 Å². The summed E-state index contributed by atoms with van der Waals surface area (Å²) in [6.07, 6.45) is 0. The van der Waals surface area contributed by atoms with Crippen LogP contribution >= 0.6 is 11.3 Å². The third-order valence-corrected chi connectivity index (χ3v) is 14.8. The SMILES string of the molecule is c1ccc2c(c1)Oc1cccc3c4cc(-c5ccc(N(c6ccc(-c7cccc8c7ccc7ccccc78)cc6)c6ccc(-c7cccc8c7sc7ccccc78)cc6)cc5)ccc4n-2c13. The zero-order chi connectivity index (χ0) is 43.3. The van der Waals surface area contributed by atoms with E-state index in [4.69, 9.17) is 4.74 Å². The van der Waals surface area contributed by atoms with Crippen LogP contribution in [0.25, 0.3) is 103 Å². The molecule has 3 nitrogen and oxygen atoms in total. The molecule has 11 aromatic carbocycles. The first kappa shape index (κ1) is 37.0. The highest BCUT2D eigenvalue weighted by Crippen LogP contribution is 2.47. The van der Waals surface area contributed by atoms with Gasteiger partial charge in [0.15, 0.2) is 11.5 Å². The summed E-state index contributed by atoms with van der Waals surface area (Å²) in [5.41, 5.74) is 13.9. The van der Waals surface area contributed by atoms with Crippen LogP contribution < -0.4 is 9.64 Å². The Morgan fingerprint density at radius 3 is 1.76 bits per heavy atom. The predicted molar refractivity (Wildman–Crippen MR) is 280 cm³/mol. The van der Waals surface area contributed by atoms with E-state index in [1.807, 2.05) is 23.5 Å². The number of aromatic nitrogens is 1. The first-order chi connectivity index (χ1) is 32.7. The molecular weight excluding hydrogens is 821 g/mol. The van der Waals surface area contributed by atoms with Crippen molar-refractivity contribution in [2.75, 3.05) is 4.90 Å². The maximum Gasteiger partial charge on any atom is 0.152 e. The lowest BCUT2D eigenvalue weighted by molar-refractivity contribution is 0.476. The quantitative estimate of drug-likeness (QED) is 0.155. The Morgan fingerprint density at radius 1 is 0.364 bits per heavy atom. The van der Waals surface area contributed by atoms with Gasteiger partial charge in [-0.25, -0.2) is 0 Å². The Labute approximate surface area is 385 Å². The number of thiophene rings is 1. The molecule has 0 saturated carbocycles. The largest absolute Gasteiger partial charge is 0.453 e. The molecule has 1 aliphatic heterocycles. The number of anilines is 3. The van der Waals surface area contributed by atoms with Gasteiger partial charge in [0.05, 0.1) is 16.7 Å². The predicted octanol–water partition coefficient (Wildman–Crippen LogP) is 18.0. The molecule has 0 bridgehead atoms. The smallest absolute Gasteiger partial charge is 0.152 e. The van der Waals surface area contributed by atoms with Crippen LogP contribution in [0.2, 0.25) is 0 Å². The second kappa shape index (κ2) is 14.5. The van der Waals surface area contributed by atoms with Gasteiger partial charge in [-0.3, -0.25) is 0 Å². The van der Waals surface area contributed by atoms with Crippen molar-refractivity contribution in [3.8, 4) is 50.6 Å². The summed E-state index contributed by atoms with van der Waals surface area (Å²) in [5, 5.41) is 10.1. The molecule has 13 aromatic rings. The van der Waals surface area contributed by atoms with Gasteiger partial charge in [0, 0.05) is 48.0 Å². The Balaban J connectivity index is 0.864. The topological polar surface area (TPSA) is 17.4 Å². The molecule has 14 rings (SSSR count). The number of hydrogen-bond acceptors (Lipinski definition) is 3. The van der Waals surface area contributed by atoms with E-state index in [2.05, 4.69) is 228 Å². The van der Waals surface area contributed by atoms with Crippen molar-refractivity contribution in [3.63, 3.8) is 0 Å². The minimum Gasteiger partial charge on any atom is -0.453 e. The Kier molecular flexibility index (Phi) is 8.15. The summed E-state index contributed by atoms with van der Waals surface area (Å²) in [6.45, 7) is 0. The molecule has 0 unspecified atom stereocenters. The van der Waals surface area contributed by atoms with Gasteiger partial charge in [-0.15, -0.1) is 11.3 Å². The van der Waals surface area contributed by atoms with E-state index in [1.165, 1.54) is 85.8 Å². The third kappa shape index (κ3) is 5.69. The summed E-state index contributed by atoms with van der Waals surface area (Å²) in [6, 6.07) is 84.0. The number of rotatable bonds is 6. The molecule has 0 N–H and O–H groups in total. The van der Waals surface area contributed by atoms with Gasteiger partial charge >= 0.3 is 0 Å². The molecular formula is C62H38N2OS. The minimum absolute atomic E-state index is 0.874. The van der Waals surface area contributed by atoms with Crippen LogP contribution in [-0.2, 0) is 0 Å².